The van der Waals surface area contributed by atoms with Gasteiger partial charge in [0.25, 0.3) is 0 Å². The van der Waals surface area contributed by atoms with Crippen LogP contribution in [0.25, 0.3) is 0 Å². The van der Waals surface area contributed by atoms with E-state index in [-0.39, 0.29) is 32.2 Å². The number of ketones is 1. The number of phenols is 1. The maximum atomic E-state index is 11.1. The monoisotopic (exact) mass is 273 g/mol. The molecule has 72 valence electrons. The van der Waals surface area contributed by atoms with Crippen LogP contribution in [-0.2, 0) is 0 Å². The van der Waals surface area contributed by atoms with Gasteiger partial charge in [-0.15, -0.1) is 0 Å². The summed E-state index contributed by atoms with van der Waals surface area (Å²) in [5, 5.41) is 18.3. The molecule has 1 rings (SSSR count). The van der Waals surface area contributed by atoms with Gasteiger partial charge in [-0.2, -0.15) is 5.26 Å². The Morgan fingerprint density at radius 2 is 2.29 bits per heavy atom. The van der Waals surface area contributed by atoms with Crippen molar-refractivity contribution in [3.63, 3.8) is 0 Å². The Kier molecular flexibility index (Phi) is 3.14. The number of nitrogens with zero attached hydrogens (tertiary/aromatic N) is 1. The first-order chi connectivity index (χ1) is 6.49. The summed E-state index contributed by atoms with van der Waals surface area (Å²) in [7, 11) is 0. The van der Waals surface area contributed by atoms with Crippen molar-refractivity contribution in [2.24, 2.45) is 0 Å². The zero-order chi connectivity index (χ0) is 10.9. The molecule has 0 spiro atoms. The lowest BCUT2D eigenvalue weighted by Crippen LogP contribution is -1.95. The summed E-state index contributed by atoms with van der Waals surface area (Å²) in [5.41, 5.74) is 0.236. The smallest absolute Gasteiger partial charge is 0.163 e. The lowest BCUT2D eigenvalue weighted by Gasteiger charge is -2.06. The molecule has 0 atom stereocenters. The van der Waals surface area contributed by atoms with Crippen LogP contribution in [0.1, 0.15) is 22.8 Å². The molecule has 0 amide bonds. The molecule has 0 aliphatic rings. The number of phenolic OH excluding ortho intramolecular Hbond substituents is 1. The van der Waals surface area contributed by atoms with Gasteiger partial charge in [0.1, 0.15) is 11.8 Å². The zero-order valence-corrected chi connectivity index (χ0v) is 9.48. The fourth-order valence-electron chi connectivity index (χ4n) is 0.966. The first-order valence-corrected chi connectivity index (χ1v) is 4.78. The Morgan fingerprint density at radius 3 is 2.71 bits per heavy atom. The number of benzene rings is 1. The molecule has 0 aromatic heterocycles. The third-order valence-corrected chi connectivity index (χ3v) is 3.07. The molecule has 0 aliphatic carbocycles. The van der Waals surface area contributed by atoms with Crippen LogP contribution in [0, 0.1) is 11.3 Å². The van der Waals surface area contributed by atoms with Crippen molar-refractivity contribution in [2.45, 2.75) is 6.92 Å². The number of carbonyl (C=O) groups excluding carboxylic acids is 1. The van der Waals surface area contributed by atoms with E-state index in [9.17, 15) is 9.90 Å². The highest BCUT2D eigenvalue weighted by atomic mass is 79.9. The molecule has 5 heteroatoms. The van der Waals surface area contributed by atoms with Gasteiger partial charge >= 0.3 is 0 Å². The van der Waals surface area contributed by atoms with E-state index in [0.29, 0.717) is 0 Å². The average molecular weight is 275 g/mol. The van der Waals surface area contributed by atoms with Gasteiger partial charge < -0.3 is 5.11 Å². The van der Waals surface area contributed by atoms with Crippen molar-refractivity contribution in [3.8, 4) is 11.8 Å². The summed E-state index contributed by atoms with van der Waals surface area (Å²) < 4.78 is 0.170. The van der Waals surface area contributed by atoms with E-state index in [1.54, 1.807) is 0 Å². The number of carbonyl (C=O) groups is 1. The van der Waals surface area contributed by atoms with Crippen LogP contribution in [0.5, 0.6) is 5.75 Å². The molecular weight excluding hydrogens is 269 g/mol. The normalized spacial score (nSPS) is 9.57. The highest BCUT2D eigenvalue weighted by Gasteiger charge is 2.16. The van der Waals surface area contributed by atoms with Crippen molar-refractivity contribution in [1.29, 1.82) is 5.26 Å². The second-order valence-electron chi connectivity index (χ2n) is 2.62. The molecule has 0 saturated heterocycles. The maximum absolute atomic E-state index is 11.1. The van der Waals surface area contributed by atoms with Crippen molar-refractivity contribution in [2.75, 3.05) is 0 Å². The van der Waals surface area contributed by atoms with Crippen molar-refractivity contribution in [1.82, 2.24) is 0 Å². The molecule has 0 aliphatic heterocycles. The number of hydrogen-bond donors (Lipinski definition) is 1. The van der Waals surface area contributed by atoms with E-state index < -0.39 is 0 Å². The molecule has 0 saturated carbocycles. The van der Waals surface area contributed by atoms with Gasteiger partial charge in [0.05, 0.1) is 20.6 Å². The summed E-state index contributed by atoms with van der Waals surface area (Å²) in [5.74, 6) is -0.558. The number of aromatic hydroxyl groups is 1. The van der Waals surface area contributed by atoms with Gasteiger partial charge in [-0.05, 0) is 28.9 Å². The fraction of sp³-hybridized carbons (Fsp3) is 0.111. The van der Waals surface area contributed by atoms with Gasteiger partial charge in [0.2, 0.25) is 0 Å². The van der Waals surface area contributed by atoms with E-state index in [1.807, 2.05) is 6.07 Å². The summed E-state index contributed by atoms with van der Waals surface area (Å²) >= 11 is 8.74. The predicted octanol–water partition coefficient (Wildman–Crippen LogP) is 2.88. The Labute approximate surface area is 94.0 Å². The molecule has 1 N–H and O–H groups in total. The first kappa shape index (κ1) is 11.0. The lowest BCUT2D eigenvalue weighted by atomic mass is 10.1. The van der Waals surface area contributed by atoms with E-state index in [2.05, 4.69) is 15.9 Å². The number of halogens is 2. The Morgan fingerprint density at radius 1 is 1.71 bits per heavy atom. The van der Waals surface area contributed by atoms with Crippen LogP contribution in [0.3, 0.4) is 0 Å². The standard InChI is InChI=1S/C9H5BrClNO2/c1-4(13)6-2-5(3-12)8(11)7(10)9(6)14/h2,14H,1H3. The molecule has 3 nitrogen and oxygen atoms in total. The van der Waals surface area contributed by atoms with Crippen LogP contribution in [0.4, 0.5) is 0 Å². The van der Waals surface area contributed by atoms with Crippen molar-refractivity contribution in [3.05, 3.63) is 26.7 Å². The van der Waals surface area contributed by atoms with Crippen molar-refractivity contribution < 1.29 is 9.90 Å². The van der Waals surface area contributed by atoms with E-state index in [4.69, 9.17) is 16.9 Å². The fourth-order valence-corrected chi connectivity index (χ4v) is 1.58. The largest absolute Gasteiger partial charge is 0.506 e. The van der Waals surface area contributed by atoms with Gasteiger partial charge in [0.15, 0.2) is 5.78 Å². The molecule has 14 heavy (non-hydrogen) atoms. The van der Waals surface area contributed by atoms with E-state index in [0.717, 1.165) is 0 Å². The summed E-state index contributed by atoms with van der Waals surface area (Å²) in [4.78, 5) is 11.1. The summed E-state index contributed by atoms with van der Waals surface area (Å²) in [6, 6.07) is 3.10. The SMILES string of the molecule is CC(=O)c1cc(C#N)c(Cl)c(Br)c1O. The quantitative estimate of drug-likeness (QED) is 0.801. The van der Waals surface area contributed by atoms with E-state index >= 15 is 0 Å². The number of Topliss-reactive ketones (excluding diaryl/α,β-unsaturated/α-hetero) is 1. The predicted molar refractivity (Wildman–Crippen MR) is 55.5 cm³/mol. The highest BCUT2D eigenvalue weighted by Crippen LogP contribution is 2.37. The third-order valence-electron chi connectivity index (χ3n) is 1.68. The minimum atomic E-state index is -0.323. The Balaban J connectivity index is 3.59. The molecular formula is C9H5BrClNO2. The second kappa shape index (κ2) is 3.99. The highest BCUT2D eigenvalue weighted by molar-refractivity contribution is 9.10. The molecule has 0 unspecified atom stereocenters. The van der Waals surface area contributed by atoms with Crippen LogP contribution in [0.15, 0.2) is 10.5 Å². The minimum Gasteiger partial charge on any atom is -0.506 e. The molecule has 0 radical (unpaired) electrons. The molecule has 1 aromatic carbocycles. The number of hydrogen-bond acceptors (Lipinski definition) is 3. The Hall–Kier alpha value is -1.05. The van der Waals surface area contributed by atoms with Gasteiger partial charge in [-0.3, -0.25) is 4.79 Å². The second-order valence-corrected chi connectivity index (χ2v) is 3.79. The van der Waals surface area contributed by atoms with Crippen LogP contribution >= 0.6 is 27.5 Å². The number of nitriles is 1. The zero-order valence-electron chi connectivity index (χ0n) is 7.14. The molecule has 0 bridgehead atoms. The lowest BCUT2D eigenvalue weighted by molar-refractivity contribution is 0.101. The Bertz CT molecular complexity index is 451. The number of rotatable bonds is 1. The van der Waals surface area contributed by atoms with Crippen LogP contribution in [0.2, 0.25) is 5.02 Å². The van der Waals surface area contributed by atoms with Crippen LogP contribution < -0.4 is 0 Å². The average Bonchev–Trinajstić information content (AvgIpc) is 2.14. The van der Waals surface area contributed by atoms with Gasteiger partial charge in [0, 0.05) is 0 Å². The molecule has 0 heterocycles. The van der Waals surface area contributed by atoms with E-state index in [1.165, 1.54) is 13.0 Å². The molecule has 1 aromatic rings. The molecule has 0 fully saturated rings. The topological polar surface area (TPSA) is 61.1 Å². The van der Waals surface area contributed by atoms with Crippen molar-refractivity contribution >= 4 is 33.3 Å². The first-order valence-electron chi connectivity index (χ1n) is 3.61. The van der Waals surface area contributed by atoms with Gasteiger partial charge in [-0.1, -0.05) is 11.6 Å². The summed E-state index contributed by atoms with van der Waals surface area (Å²) in [6.45, 7) is 1.30. The van der Waals surface area contributed by atoms with Crippen LogP contribution in [-0.4, -0.2) is 10.9 Å². The summed E-state index contributed by atoms with van der Waals surface area (Å²) in [6.07, 6.45) is 0. The third kappa shape index (κ3) is 1.74. The maximum Gasteiger partial charge on any atom is 0.163 e. The minimum absolute atomic E-state index is 0.0813. The van der Waals surface area contributed by atoms with Gasteiger partial charge in [-0.25, -0.2) is 0 Å².